The van der Waals surface area contributed by atoms with Gasteiger partial charge in [0.05, 0.1) is 55.4 Å². The molecule has 2 aliphatic heterocycles. The molecule has 24 heteroatoms. The van der Waals surface area contributed by atoms with Gasteiger partial charge in [-0.3, -0.25) is 45.6 Å². The van der Waals surface area contributed by atoms with Gasteiger partial charge < -0.3 is 28.4 Å². The molecule has 0 saturated carbocycles. The number of carbonyl (C=O) groups is 3. The number of nitro groups is 3. The molecule has 0 fully saturated rings. The van der Waals surface area contributed by atoms with Crippen molar-refractivity contribution < 1.29 is 63.4 Å². The molecular formula is C41H33N7O17. The van der Waals surface area contributed by atoms with Gasteiger partial charge in [-0.1, -0.05) is 12.1 Å². The molecule has 2 atom stereocenters. The third-order valence-corrected chi connectivity index (χ3v) is 10.7. The Morgan fingerprint density at radius 2 is 1.65 bits per heavy atom. The number of hydrogen-bond donors (Lipinski definition) is 2. The van der Waals surface area contributed by atoms with Crippen LogP contribution in [0.15, 0.2) is 64.5 Å². The Hall–Kier alpha value is -8.38. The molecule has 65 heavy (non-hydrogen) atoms. The van der Waals surface area contributed by atoms with Crippen molar-refractivity contribution in [1.29, 1.82) is 0 Å². The molecule has 0 amide bonds. The van der Waals surface area contributed by atoms with Crippen LogP contribution in [-0.4, -0.2) is 70.2 Å². The Labute approximate surface area is 363 Å². The van der Waals surface area contributed by atoms with Crippen LogP contribution in [0.3, 0.4) is 0 Å². The summed E-state index contributed by atoms with van der Waals surface area (Å²) >= 11 is 0. The molecular weight excluding hydrogens is 862 g/mol. The van der Waals surface area contributed by atoms with E-state index in [4.69, 9.17) is 28.8 Å². The lowest BCUT2D eigenvalue weighted by Gasteiger charge is -2.36. The molecule has 8 rings (SSSR count). The van der Waals surface area contributed by atoms with E-state index in [0.717, 1.165) is 19.1 Å². The first-order valence-electron chi connectivity index (χ1n) is 19.4. The van der Waals surface area contributed by atoms with Gasteiger partial charge >= 0.3 is 18.1 Å². The fraction of sp³-hybridized carbons (Fsp3) is 0.268. The summed E-state index contributed by atoms with van der Waals surface area (Å²) in [5, 5.41) is 60.0. The van der Waals surface area contributed by atoms with Gasteiger partial charge in [0, 0.05) is 51.4 Å². The van der Waals surface area contributed by atoms with Crippen molar-refractivity contribution in [2.24, 2.45) is 5.16 Å². The normalized spacial score (nSPS) is 16.6. The van der Waals surface area contributed by atoms with E-state index in [1.165, 1.54) is 23.6 Å². The van der Waals surface area contributed by atoms with Crippen LogP contribution in [0.25, 0.3) is 33.4 Å². The lowest BCUT2D eigenvalue weighted by molar-refractivity contribution is -0.393. The highest BCUT2D eigenvalue weighted by Gasteiger charge is 2.51. The number of oxime groups is 1. The van der Waals surface area contributed by atoms with Crippen molar-refractivity contribution in [2.75, 3.05) is 5.23 Å². The maximum Gasteiger partial charge on any atom is 0.514 e. The van der Waals surface area contributed by atoms with E-state index in [0.29, 0.717) is 40.0 Å². The molecule has 5 aromatic rings. The Balaban J connectivity index is 1.14. The Morgan fingerprint density at radius 1 is 0.969 bits per heavy atom. The van der Waals surface area contributed by atoms with Gasteiger partial charge in [-0.25, -0.2) is 19.4 Å². The quantitative estimate of drug-likeness (QED) is 0.0515. The summed E-state index contributed by atoms with van der Waals surface area (Å²) in [6.45, 7) is 7.31. The highest BCUT2D eigenvalue weighted by molar-refractivity contribution is 6.28. The van der Waals surface area contributed by atoms with E-state index < -0.39 is 113 Å². The molecule has 2 aromatic heterocycles. The summed E-state index contributed by atoms with van der Waals surface area (Å²) in [6, 6.07) is 11.0. The van der Waals surface area contributed by atoms with E-state index in [1.807, 2.05) is 0 Å². The van der Waals surface area contributed by atoms with Crippen LogP contribution in [0.2, 0.25) is 0 Å². The third-order valence-electron chi connectivity index (χ3n) is 10.7. The maximum atomic E-state index is 14.1. The van der Waals surface area contributed by atoms with Gasteiger partial charge in [-0.2, -0.15) is 0 Å². The highest BCUT2D eigenvalue weighted by atomic mass is 16.8. The van der Waals surface area contributed by atoms with E-state index in [2.05, 4.69) is 5.16 Å². The molecule has 0 unspecified atom stereocenters. The number of nitrogens with zero attached hydrogens (tertiary/aromatic N) is 7. The molecule has 24 nitrogen and oxygen atoms in total. The largest absolute Gasteiger partial charge is 0.514 e. The number of non-ortho nitro benzene ring substituents is 2. The van der Waals surface area contributed by atoms with E-state index in [-0.39, 0.29) is 35.4 Å². The fourth-order valence-corrected chi connectivity index (χ4v) is 7.86. The third kappa shape index (κ3) is 7.34. The number of esters is 2. The molecule has 3 aliphatic rings. The van der Waals surface area contributed by atoms with Crippen molar-refractivity contribution in [1.82, 2.24) is 9.55 Å². The van der Waals surface area contributed by atoms with Crippen molar-refractivity contribution in [3.63, 3.8) is 0 Å². The number of ether oxygens (including phenoxy) is 4. The summed E-state index contributed by atoms with van der Waals surface area (Å²) < 4.78 is 23.3. The standard InChI is InChI=1S/C41H33N7O17/c1-6-41(27-15-31-34-20(16-44(31)36(49)26(27)17-61-38(41)51)9-19-10-23(7-8-28(19)42-34)62-39(52)64-40(3,4)5)63-37(50)18(2)65-43-35-24-11-21(45(53)54)13-29(47(57)58)32(24)33-25(35)12-22(46(55)56)14-30(33)48(59)60/h7-15,18,57-58H,6,16-17H2,1-5H3/b43-35-/t18-,41-/m0/s1. The van der Waals surface area contributed by atoms with Gasteiger partial charge in [-0.05, 0) is 64.4 Å². The lowest BCUT2D eigenvalue weighted by Crippen LogP contribution is -2.48. The second-order valence-electron chi connectivity index (χ2n) is 15.9. The number of benzene rings is 3. The second kappa shape index (κ2) is 15.5. The van der Waals surface area contributed by atoms with Crippen LogP contribution in [0.1, 0.15) is 68.9 Å². The van der Waals surface area contributed by atoms with Gasteiger partial charge in [0.2, 0.25) is 11.7 Å². The monoisotopic (exact) mass is 895 g/mol. The zero-order valence-electron chi connectivity index (χ0n) is 34.5. The fourth-order valence-electron chi connectivity index (χ4n) is 7.86. The van der Waals surface area contributed by atoms with Crippen molar-refractivity contribution >= 4 is 57.5 Å². The number of fused-ring (bicyclic) bond motifs is 8. The highest BCUT2D eigenvalue weighted by Crippen LogP contribution is 2.50. The van der Waals surface area contributed by atoms with Crippen LogP contribution in [0.4, 0.5) is 27.5 Å². The van der Waals surface area contributed by atoms with Gasteiger partial charge in [0.1, 0.15) is 29.4 Å². The molecule has 0 saturated heterocycles. The van der Waals surface area contributed by atoms with Crippen LogP contribution < -0.4 is 15.5 Å². The summed E-state index contributed by atoms with van der Waals surface area (Å²) in [4.78, 5) is 97.4. The SMILES string of the molecule is CC[C@@]1(OC(=O)[C@H](C)O/N=C2/c3cc([N+](=O)[O-])cc(N(O)O)c3-c3c2cc([N+](=O)[O-])cc3[N+](=O)[O-])C(=O)OCc2c1cc1n(c2=O)Cc2cc3cc(OC(=O)OC(C)(C)C)ccc3nc2-1. The molecule has 2 N–H and O–H groups in total. The predicted molar refractivity (Wildman–Crippen MR) is 219 cm³/mol. The van der Waals surface area contributed by atoms with Gasteiger partial charge in [0.25, 0.3) is 22.6 Å². The topological polar surface area (TPSA) is 318 Å². The first-order valence-corrected chi connectivity index (χ1v) is 19.4. The summed E-state index contributed by atoms with van der Waals surface area (Å²) in [5.74, 6) is -2.09. The molecule has 4 heterocycles. The number of anilines is 1. The second-order valence-corrected chi connectivity index (χ2v) is 15.9. The Bertz CT molecular complexity index is 3080. The van der Waals surface area contributed by atoms with E-state index in [1.54, 1.807) is 39.0 Å². The van der Waals surface area contributed by atoms with Crippen molar-refractivity contribution in [3.8, 4) is 28.3 Å². The Morgan fingerprint density at radius 3 is 2.28 bits per heavy atom. The van der Waals surface area contributed by atoms with Gasteiger partial charge in [0.15, 0.2) is 0 Å². The minimum atomic E-state index is -2.23. The first-order chi connectivity index (χ1) is 30.6. The molecule has 1 aliphatic carbocycles. The minimum absolute atomic E-state index is 0.00351. The summed E-state index contributed by atoms with van der Waals surface area (Å²) in [6.07, 6.45) is -2.92. The molecule has 334 valence electrons. The molecule has 3 aromatic carbocycles. The van der Waals surface area contributed by atoms with E-state index >= 15 is 0 Å². The molecule has 0 bridgehead atoms. The average molecular weight is 896 g/mol. The minimum Gasteiger partial charge on any atom is -0.457 e. The van der Waals surface area contributed by atoms with E-state index in [9.17, 15) is 59.9 Å². The lowest BCUT2D eigenvalue weighted by atomic mass is 9.85. The average Bonchev–Trinajstić information content (AvgIpc) is 3.76. The van der Waals surface area contributed by atoms with Crippen LogP contribution in [0.5, 0.6) is 5.75 Å². The Kier molecular flexibility index (Phi) is 10.3. The maximum absolute atomic E-state index is 14.1. The smallest absolute Gasteiger partial charge is 0.457 e. The number of cyclic esters (lactones) is 1. The zero-order valence-corrected chi connectivity index (χ0v) is 34.5. The predicted octanol–water partition coefficient (Wildman–Crippen LogP) is 6.09. The number of hydrogen-bond acceptors (Lipinski definition) is 20. The molecule has 0 spiro atoms. The van der Waals surface area contributed by atoms with Gasteiger partial charge in [-0.15, -0.1) is 5.23 Å². The summed E-state index contributed by atoms with van der Waals surface area (Å²) in [7, 11) is 0. The van der Waals surface area contributed by atoms with Crippen LogP contribution in [0, 0.1) is 30.3 Å². The van der Waals surface area contributed by atoms with Crippen molar-refractivity contribution in [3.05, 3.63) is 123 Å². The van der Waals surface area contributed by atoms with Crippen molar-refractivity contribution in [2.45, 2.75) is 71.5 Å². The first kappa shape index (κ1) is 43.3. The number of pyridine rings is 2. The number of aromatic nitrogens is 2. The summed E-state index contributed by atoms with van der Waals surface area (Å²) in [5.41, 5.74) is -7.18. The number of rotatable bonds is 10. The zero-order chi connectivity index (χ0) is 47.0. The number of carbonyl (C=O) groups excluding carboxylic acids is 3. The van der Waals surface area contributed by atoms with Crippen LogP contribution >= 0.6 is 0 Å². The number of nitro benzene ring substituents is 3. The van der Waals surface area contributed by atoms with Crippen LogP contribution in [-0.2, 0) is 47.4 Å². The molecule has 0 radical (unpaired) electrons.